The van der Waals surface area contributed by atoms with Gasteiger partial charge in [-0.1, -0.05) is 12.5 Å². The van der Waals surface area contributed by atoms with Gasteiger partial charge in [0.25, 0.3) is 0 Å². The van der Waals surface area contributed by atoms with E-state index < -0.39 is 17.6 Å². The number of hydrogen-bond donors (Lipinski definition) is 0. The molecule has 1 aromatic rings. The van der Waals surface area contributed by atoms with Crippen LogP contribution in [0.5, 0.6) is 0 Å². The second-order valence-electron chi connectivity index (χ2n) is 7.11. The van der Waals surface area contributed by atoms with Crippen molar-refractivity contribution in [2.75, 3.05) is 20.2 Å². The van der Waals surface area contributed by atoms with Gasteiger partial charge in [-0.05, 0) is 49.9 Å². The molecule has 24 heavy (non-hydrogen) atoms. The Kier molecular flexibility index (Phi) is 4.89. The summed E-state index contributed by atoms with van der Waals surface area (Å²) in [6.45, 7) is 2.11. The van der Waals surface area contributed by atoms with E-state index in [0.29, 0.717) is 12.1 Å². The average molecular weight is 345 g/mol. The van der Waals surface area contributed by atoms with Crippen LogP contribution in [0.2, 0.25) is 0 Å². The number of piperidine rings is 1. The van der Waals surface area contributed by atoms with Gasteiger partial charge in [-0.2, -0.15) is 13.2 Å². The maximum Gasteiger partial charge on any atom is 0.419 e. The molecule has 3 rings (SSSR count). The Balaban J connectivity index is 1.74. The first-order chi connectivity index (χ1) is 11.3. The molecule has 2 fully saturated rings. The highest BCUT2D eigenvalue weighted by atomic mass is 19.4. The Morgan fingerprint density at radius 1 is 1.25 bits per heavy atom. The Morgan fingerprint density at radius 3 is 2.71 bits per heavy atom. The number of hydrogen-bond acceptors (Lipinski definition) is 2. The lowest BCUT2D eigenvalue weighted by atomic mass is 9.76. The summed E-state index contributed by atoms with van der Waals surface area (Å²) in [5.41, 5.74) is -0.546. The number of halogens is 4. The maximum atomic E-state index is 13.4. The molecule has 1 saturated heterocycles. The zero-order valence-corrected chi connectivity index (χ0v) is 13.8. The Hall–Kier alpha value is -1.14. The zero-order valence-electron chi connectivity index (χ0n) is 13.8. The summed E-state index contributed by atoms with van der Waals surface area (Å²) >= 11 is 0. The molecule has 1 aliphatic carbocycles. The van der Waals surface area contributed by atoms with Gasteiger partial charge < -0.3 is 4.74 Å². The van der Waals surface area contributed by atoms with Crippen molar-refractivity contribution in [2.45, 2.75) is 50.9 Å². The maximum absolute atomic E-state index is 13.4. The van der Waals surface area contributed by atoms with Crippen molar-refractivity contribution in [3.63, 3.8) is 0 Å². The van der Waals surface area contributed by atoms with E-state index in [0.717, 1.165) is 57.3 Å². The van der Waals surface area contributed by atoms with Gasteiger partial charge in [0, 0.05) is 25.6 Å². The van der Waals surface area contributed by atoms with E-state index in [-0.39, 0.29) is 11.5 Å². The van der Waals surface area contributed by atoms with Gasteiger partial charge >= 0.3 is 6.18 Å². The van der Waals surface area contributed by atoms with Crippen LogP contribution in [-0.4, -0.2) is 31.2 Å². The van der Waals surface area contributed by atoms with Gasteiger partial charge in [-0.3, -0.25) is 4.90 Å². The van der Waals surface area contributed by atoms with E-state index in [1.807, 2.05) is 0 Å². The highest BCUT2D eigenvalue weighted by Crippen LogP contribution is 2.46. The molecule has 134 valence electrons. The molecule has 0 radical (unpaired) electrons. The summed E-state index contributed by atoms with van der Waals surface area (Å²) in [6.07, 6.45) is 1.01. The van der Waals surface area contributed by atoms with Crippen molar-refractivity contribution in [3.8, 4) is 0 Å². The summed E-state index contributed by atoms with van der Waals surface area (Å²) in [7, 11) is 1.74. The molecule has 0 aromatic heterocycles. The molecule has 0 unspecified atom stereocenters. The van der Waals surface area contributed by atoms with Crippen LogP contribution in [0.15, 0.2) is 18.2 Å². The third-order valence-electron chi connectivity index (χ3n) is 5.54. The number of methoxy groups -OCH3 is 1. The molecule has 1 saturated carbocycles. The zero-order chi connectivity index (χ0) is 17.4. The molecule has 1 heterocycles. The van der Waals surface area contributed by atoms with Crippen LogP contribution >= 0.6 is 0 Å². The monoisotopic (exact) mass is 345 g/mol. The Labute approximate surface area is 139 Å². The van der Waals surface area contributed by atoms with Crippen LogP contribution in [0, 0.1) is 11.2 Å². The van der Waals surface area contributed by atoms with Gasteiger partial charge in [-0.15, -0.1) is 0 Å². The second-order valence-corrected chi connectivity index (χ2v) is 7.11. The summed E-state index contributed by atoms with van der Waals surface area (Å²) < 4.78 is 57.7. The molecular weight excluding hydrogens is 322 g/mol. The lowest BCUT2D eigenvalue weighted by Crippen LogP contribution is -2.47. The molecule has 1 aliphatic heterocycles. The van der Waals surface area contributed by atoms with Crippen molar-refractivity contribution < 1.29 is 22.3 Å². The first kappa shape index (κ1) is 17.7. The summed E-state index contributed by atoms with van der Waals surface area (Å²) in [5, 5.41) is 0. The second kappa shape index (κ2) is 6.64. The van der Waals surface area contributed by atoms with Crippen LogP contribution < -0.4 is 0 Å². The van der Waals surface area contributed by atoms with Crippen molar-refractivity contribution in [1.29, 1.82) is 0 Å². The molecule has 0 amide bonds. The molecule has 1 aromatic carbocycles. The van der Waals surface area contributed by atoms with E-state index in [4.69, 9.17) is 4.74 Å². The average Bonchev–Trinajstić information content (AvgIpc) is 2.90. The minimum Gasteiger partial charge on any atom is -0.381 e. The molecular formula is C18H23F4NO. The number of rotatable bonds is 3. The van der Waals surface area contributed by atoms with E-state index in [2.05, 4.69) is 4.90 Å². The van der Waals surface area contributed by atoms with Gasteiger partial charge in [-0.25, -0.2) is 4.39 Å². The fourth-order valence-electron chi connectivity index (χ4n) is 4.48. The fourth-order valence-corrected chi connectivity index (χ4v) is 4.48. The van der Waals surface area contributed by atoms with E-state index in [9.17, 15) is 17.6 Å². The summed E-state index contributed by atoms with van der Waals surface area (Å²) in [6, 6.07) is 3.32. The van der Waals surface area contributed by atoms with Gasteiger partial charge in [0.15, 0.2) is 0 Å². The number of nitrogens with zero attached hydrogens (tertiary/aromatic N) is 1. The SMILES string of the molecule is CO[C@@H]1CCC[C@]12CCCN(Cc1ccc(F)c(C(F)(F)F)c1)C2. The van der Waals surface area contributed by atoms with Gasteiger partial charge in [0.1, 0.15) is 5.82 Å². The number of likely N-dealkylation sites (tertiary alicyclic amines) is 1. The van der Waals surface area contributed by atoms with Crippen molar-refractivity contribution >= 4 is 0 Å². The topological polar surface area (TPSA) is 12.5 Å². The molecule has 0 N–H and O–H groups in total. The first-order valence-corrected chi connectivity index (χ1v) is 8.45. The lowest BCUT2D eigenvalue weighted by Gasteiger charge is -2.43. The fraction of sp³-hybridized carbons (Fsp3) is 0.667. The number of alkyl halides is 3. The van der Waals surface area contributed by atoms with Crippen LogP contribution in [0.1, 0.15) is 43.2 Å². The predicted octanol–water partition coefficient (Wildman–Crippen LogP) is 4.63. The van der Waals surface area contributed by atoms with Gasteiger partial charge in [0.05, 0.1) is 11.7 Å². The summed E-state index contributed by atoms with van der Waals surface area (Å²) in [4.78, 5) is 2.19. The van der Waals surface area contributed by atoms with E-state index in [1.165, 1.54) is 6.07 Å². The minimum absolute atomic E-state index is 0.125. The van der Waals surface area contributed by atoms with Crippen LogP contribution in [0.25, 0.3) is 0 Å². The lowest BCUT2D eigenvalue weighted by molar-refractivity contribution is -0.140. The third-order valence-corrected chi connectivity index (χ3v) is 5.54. The van der Waals surface area contributed by atoms with Crippen molar-refractivity contribution in [3.05, 3.63) is 35.1 Å². The van der Waals surface area contributed by atoms with Crippen molar-refractivity contribution in [2.24, 2.45) is 5.41 Å². The first-order valence-electron chi connectivity index (χ1n) is 8.45. The smallest absolute Gasteiger partial charge is 0.381 e. The standard InChI is InChI=1S/C18H23F4NO/c1-24-16-4-2-7-17(16)8-3-9-23(12-17)11-13-5-6-15(19)14(10-13)18(20,21)22/h5-6,10,16H,2-4,7-9,11-12H2,1H3/t16-,17-/m1/s1. The largest absolute Gasteiger partial charge is 0.419 e. The van der Waals surface area contributed by atoms with Crippen LogP contribution in [-0.2, 0) is 17.5 Å². The Morgan fingerprint density at radius 2 is 2.00 bits per heavy atom. The molecule has 6 heteroatoms. The van der Waals surface area contributed by atoms with Gasteiger partial charge in [0.2, 0.25) is 0 Å². The molecule has 2 aliphatic rings. The van der Waals surface area contributed by atoms with Crippen LogP contribution in [0.3, 0.4) is 0 Å². The highest BCUT2D eigenvalue weighted by molar-refractivity contribution is 5.27. The molecule has 0 bridgehead atoms. The summed E-state index contributed by atoms with van der Waals surface area (Å²) in [5.74, 6) is -1.21. The third kappa shape index (κ3) is 3.45. The van der Waals surface area contributed by atoms with Crippen LogP contribution in [0.4, 0.5) is 17.6 Å². The quantitative estimate of drug-likeness (QED) is 0.741. The van der Waals surface area contributed by atoms with Crippen molar-refractivity contribution in [1.82, 2.24) is 4.90 Å². The minimum atomic E-state index is -4.66. The normalized spacial score (nSPS) is 28.6. The molecule has 2 atom stereocenters. The number of benzene rings is 1. The predicted molar refractivity (Wildman–Crippen MR) is 83.0 cm³/mol. The van der Waals surface area contributed by atoms with E-state index >= 15 is 0 Å². The Bertz CT molecular complexity index is 589. The number of ether oxygens (including phenoxy) is 1. The molecule has 1 spiro atoms. The highest BCUT2D eigenvalue weighted by Gasteiger charge is 2.45. The van der Waals surface area contributed by atoms with E-state index in [1.54, 1.807) is 7.11 Å². The molecule has 2 nitrogen and oxygen atoms in total.